The van der Waals surface area contributed by atoms with E-state index in [0.29, 0.717) is 0 Å². The molecule has 2 atom stereocenters. The van der Waals surface area contributed by atoms with Gasteiger partial charge in [-0.1, -0.05) is 151 Å². The Bertz CT molecular complexity index is 268. The Hall–Kier alpha value is 20.1. The van der Waals surface area contributed by atoms with Gasteiger partial charge in [-0.15, -0.1) is 0 Å². The SMILES string of the molecule is CCB(CC)CC(C)CC.CCCB(CC)CC.CC[B]CC(C)CC.[Y].[Y].[Y].[Y].[Y].[Y].[Y].[Y].[Y].[Y].[Y].[Y].[Y].[Y].[Y].[Y].[Y].[Y]. The third-order valence-corrected chi connectivity index (χ3v) is 5.99. The Labute approximate surface area is 736 Å². The van der Waals surface area contributed by atoms with Crippen LogP contribution in [-0.4, -0.2) is 20.7 Å². The largest absolute Gasteiger partial charge is 0.139 e. The monoisotopic (exact) mass is 1960 g/mol. The van der Waals surface area contributed by atoms with Gasteiger partial charge in [0, 0.05) is 589 Å². The molecule has 0 saturated heterocycles. The molecule has 2 unspecified atom stereocenters. The van der Waals surface area contributed by atoms with E-state index < -0.39 is 0 Å². The van der Waals surface area contributed by atoms with Crippen molar-refractivity contribution in [2.45, 2.75) is 139 Å². The zero-order chi connectivity index (χ0) is 20.8. The maximum atomic E-state index is 2.36. The predicted octanol–water partition coefficient (Wildman–Crippen LogP) is 9.05. The molecule has 0 aliphatic carbocycles. The van der Waals surface area contributed by atoms with E-state index in [-0.39, 0.29) is 589 Å². The van der Waals surface area contributed by atoms with Crippen LogP contribution in [0, 0.1) is 11.8 Å². The van der Waals surface area contributed by atoms with E-state index in [2.05, 4.69) is 76.5 Å². The second kappa shape index (κ2) is 125. The smallest absolute Gasteiger partial charge is 0.0831 e. The van der Waals surface area contributed by atoms with Crippen LogP contribution in [0.25, 0.3) is 0 Å². The first kappa shape index (κ1) is 137. The molecule has 0 fully saturated rings. The van der Waals surface area contributed by atoms with E-state index in [9.17, 15) is 0 Å². The van der Waals surface area contributed by atoms with Crippen molar-refractivity contribution < 1.29 is 589 Å². The van der Waals surface area contributed by atoms with E-state index in [1.165, 1.54) is 69.8 Å². The minimum absolute atomic E-state index is 0. The molecule has 209 valence electrons. The minimum Gasteiger partial charge on any atom is -0.0831 e. The Morgan fingerprint density at radius 1 is 0.409 bits per heavy atom. The van der Waals surface area contributed by atoms with Gasteiger partial charge in [0.2, 0.25) is 0 Å². The first-order valence-electron chi connectivity index (χ1n) is 12.2. The van der Waals surface area contributed by atoms with Crippen molar-refractivity contribution in [3.05, 3.63) is 0 Å². The standard InChI is InChI=1S/C9H21B.C7H16B.C7H17B.18Y/c1-5-9(4)8-10(6-2)7-3;1-4-7(3)6-8-5-2;1-4-7-8(5-2)6-3;;;;;;;;;;;;;;;;;;/h9H,5-8H2,1-4H3;7H,4-6H2,1-3H3;4-7H2,1-3H3;;;;;;;;;;;;;;;;;;. The van der Waals surface area contributed by atoms with E-state index in [1.54, 1.807) is 0 Å². The molecule has 19 radical (unpaired) electrons. The Kier molecular flexibility index (Phi) is 391. The summed E-state index contributed by atoms with van der Waals surface area (Å²) in [4.78, 5) is 0. The Morgan fingerprint density at radius 2 is 0.682 bits per heavy atom. The molecule has 0 aliphatic heterocycles. The van der Waals surface area contributed by atoms with Gasteiger partial charge < -0.3 is 0 Å². The summed E-state index contributed by atoms with van der Waals surface area (Å²) in [6, 6.07) is 0. The summed E-state index contributed by atoms with van der Waals surface area (Å²) >= 11 is 0. The van der Waals surface area contributed by atoms with E-state index >= 15 is 0 Å². The summed E-state index contributed by atoms with van der Waals surface area (Å²) in [5, 5.41) is 0. The van der Waals surface area contributed by atoms with Crippen molar-refractivity contribution in [2.24, 2.45) is 11.8 Å². The first-order chi connectivity index (χ1) is 12.4. The van der Waals surface area contributed by atoms with Crippen LogP contribution >= 0.6 is 0 Å². The van der Waals surface area contributed by atoms with Gasteiger partial charge in [-0.3, -0.25) is 0 Å². The average Bonchev–Trinajstić information content (AvgIpc) is 2.68. The molecule has 0 N–H and O–H groups in total. The predicted molar refractivity (Wildman–Crippen MR) is 133 cm³/mol. The topological polar surface area (TPSA) is 0 Å². The minimum atomic E-state index is 0. The Balaban J connectivity index is -0.00000000791. The van der Waals surface area contributed by atoms with Gasteiger partial charge in [-0.05, 0) is 0 Å². The van der Waals surface area contributed by atoms with Crippen molar-refractivity contribution in [1.82, 2.24) is 0 Å². The molecule has 0 aromatic carbocycles. The van der Waals surface area contributed by atoms with Crippen LogP contribution in [0.2, 0.25) is 50.6 Å². The van der Waals surface area contributed by atoms with Crippen molar-refractivity contribution in [2.75, 3.05) is 0 Å². The molecule has 0 aliphatic rings. The second-order valence-corrected chi connectivity index (χ2v) is 8.35. The molecule has 0 heterocycles. The maximum absolute atomic E-state index is 2.36. The van der Waals surface area contributed by atoms with Crippen molar-refractivity contribution in [1.29, 1.82) is 0 Å². The van der Waals surface area contributed by atoms with Crippen LogP contribution < -0.4 is 0 Å². The quantitative estimate of drug-likeness (QED) is 0.162. The Morgan fingerprint density at radius 3 is 0.841 bits per heavy atom. The van der Waals surface area contributed by atoms with Gasteiger partial charge in [0.1, 0.15) is 20.7 Å². The molecule has 0 aromatic rings. The van der Waals surface area contributed by atoms with Gasteiger partial charge in [0.05, 0.1) is 0 Å². The normalized spacial score (nSPS) is 7.14. The molecule has 21 heteroatoms. The molecule has 0 amide bonds. The summed E-state index contributed by atoms with van der Waals surface area (Å²) in [6.07, 6.45) is 14.9. The first-order valence-corrected chi connectivity index (χ1v) is 12.2. The fraction of sp³-hybridized carbons (Fsp3) is 1.00. The van der Waals surface area contributed by atoms with Crippen LogP contribution in [0.4, 0.5) is 0 Å². The molecule has 0 spiro atoms. The maximum Gasteiger partial charge on any atom is 0.139 e. The average molecular weight is 1960 g/mol. The molecule has 44 heavy (non-hydrogen) atoms. The fourth-order valence-corrected chi connectivity index (χ4v) is 3.08. The number of hydrogen-bond donors (Lipinski definition) is 0. The van der Waals surface area contributed by atoms with Crippen LogP contribution in [0.5, 0.6) is 0 Å². The van der Waals surface area contributed by atoms with Crippen molar-refractivity contribution in [3.63, 3.8) is 0 Å². The summed E-state index contributed by atoms with van der Waals surface area (Å²) in [5.74, 6) is 1.83. The molecular formula is C23H54B3Y18. The summed E-state index contributed by atoms with van der Waals surface area (Å²) in [5.41, 5.74) is 0. The summed E-state index contributed by atoms with van der Waals surface area (Å²) in [6.45, 7) is 24.8. The number of rotatable bonds is 13. The molecule has 0 saturated carbocycles. The van der Waals surface area contributed by atoms with Gasteiger partial charge in [-0.25, -0.2) is 0 Å². The van der Waals surface area contributed by atoms with Gasteiger partial charge in [-0.2, -0.15) is 0 Å². The molecule has 0 nitrogen and oxygen atoms in total. The molecule has 0 bridgehead atoms. The summed E-state index contributed by atoms with van der Waals surface area (Å²) < 4.78 is 0. The van der Waals surface area contributed by atoms with Crippen molar-refractivity contribution in [3.8, 4) is 0 Å². The zero-order valence-corrected chi connectivity index (χ0v) is 82.1. The fourth-order valence-electron chi connectivity index (χ4n) is 3.08. The van der Waals surface area contributed by atoms with E-state index in [0.717, 1.165) is 25.3 Å². The molecule has 0 rings (SSSR count). The van der Waals surface area contributed by atoms with E-state index in [4.69, 9.17) is 0 Å². The molecule has 0 aromatic heterocycles. The second-order valence-electron chi connectivity index (χ2n) is 8.35. The van der Waals surface area contributed by atoms with Gasteiger partial charge in [0.15, 0.2) is 0 Å². The van der Waals surface area contributed by atoms with Gasteiger partial charge in [0.25, 0.3) is 0 Å². The van der Waals surface area contributed by atoms with Crippen LogP contribution in [0.3, 0.4) is 0 Å². The van der Waals surface area contributed by atoms with E-state index in [1.807, 2.05) is 0 Å². The van der Waals surface area contributed by atoms with Crippen molar-refractivity contribution >= 4 is 20.7 Å². The van der Waals surface area contributed by atoms with Crippen LogP contribution in [-0.2, 0) is 589 Å². The van der Waals surface area contributed by atoms with Crippen LogP contribution in [0.15, 0.2) is 0 Å². The van der Waals surface area contributed by atoms with Crippen LogP contribution in [0.1, 0.15) is 88.5 Å². The third kappa shape index (κ3) is 125. The third-order valence-electron chi connectivity index (χ3n) is 5.99. The molecular weight excluding hydrogens is 1910 g/mol. The van der Waals surface area contributed by atoms with Gasteiger partial charge >= 0.3 is 0 Å². The summed E-state index contributed by atoms with van der Waals surface area (Å²) in [7, 11) is 2.36. The number of hydrogen-bond acceptors (Lipinski definition) is 0. The zero-order valence-electron chi connectivity index (χ0n) is 31.1.